The van der Waals surface area contributed by atoms with Gasteiger partial charge >= 0.3 is 0 Å². The second-order valence-corrected chi connectivity index (χ2v) is 8.66. The maximum atomic E-state index is 12.7. The minimum Gasteiger partial charge on any atom is -0.497 e. The fraction of sp³-hybridized carbons (Fsp3) is 0.0476. The molecular weight excluding hydrogens is 406 g/mol. The number of methoxy groups -OCH3 is 1. The molecule has 2 heterocycles. The van der Waals surface area contributed by atoms with E-state index in [1.54, 1.807) is 36.5 Å². The van der Waals surface area contributed by atoms with Gasteiger partial charge in [-0.15, -0.1) is 11.3 Å². The van der Waals surface area contributed by atoms with Crippen LogP contribution in [0.3, 0.4) is 0 Å². The van der Waals surface area contributed by atoms with E-state index in [2.05, 4.69) is 14.7 Å². The third-order valence-corrected chi connectivity index (χ3v) is 6.43. The molecule has 0 aliphatic heterocycles. The molecule has 0 saturated heterocycles. The number of pyridine rings is 1. The number of aromatic nitrogens is 2. The summed E-state index contributed by atoms with van der Waals surface area (Å²) in [6, 6.07) is 19.1. The van der Waals surface area contributed by atoms with E-state index in [9.17, 15) is 8.42 Å². The lowest BCUT2D eigenvalue weighted by molar-refractivity contribution is 0.414. The summed E-state index contributed by atoms with van der Waals surface area (Å²) in [7, 11) is -2.18. The molecule has 8 heteroatoms. The first-order chi connectivity index (χ1) is 14.0. The van der Waals surface area contributed by atoms with Crippen LogP contribution in [-0.2, 0) is 10.0 Å². The highest BCUT2D eigenvalue weighted by molar-refractivity contribution is 7.92. The Kier molecular flexibility index (Phi) is 5.28. The zero-order chi connectivity index (χ0) is 20.3. The summed E-state index contributed by atoms with van der Waals surface area (Å²) < 4.78 is 33.0. The van der Waals surface area contributed by atoms with Crippen LogP contribution in [0.2, 0.25) is 0 Å². The molecule has 2 aromatic carbocycles. The molecule has 0 aliphatic carbocycles. The number of benzene rings is 2. The lowest BCUT2D eigenvalue weighted by Gasteiger charge is -2.09. The summed E-state index contributed by atoms with van der Waals surface area (Å²) in [6.07, 6.45) is 1.73. The normalized spacial score (nSPS) is 11.2. The molecule has 0 fully saturated rings. The first-order valence-electron chi connectivity index (χ1n) is 8.69. The number of sulfonamides is 1. The first-order valence-corrected chi connectivity index (χ1v) is 11.1. The highest BCUT2D eigenvalue weighted by Crippen LogP contribution is 2.29. The van der Waals surface area contributed by atoms with Gasteiger partial charge in [0.05, 0.1) is 23.4 Å². The Morgan fingerprint density at radius 1 is 0.966 bits per heavy atom. The summed E-state index contributed by atoms with van der Waals surface area (Å²) in [4.78, 5) is 9.11. The van der Waals surface area contributed by atoms with Crippen LogP contribution in [-0.4, -0.2) is 25.5 Å². The highest BCUT2D eigenvalue weighted by Gasteiger charge is 2.15. The molecule has 0 radical (unpaired) electrons. The van der Waals surface area contributed by atoms with Crippen LogP contribution in [0.5, 0.6) is 5.75 Å². The topological polar surface area (TPSA) is 81.2 Å². The summed E-state index contributed by atoms with van der Waals surface area (Å²) in [5, 5.41) is 2.74. The van der Waals surface area contributed by atoms with Crippen molar-refractivity contribution in [2.45, 2.75) is 4.90 Å². The van der Waals surface area contributed by atoms with Crippen molar-refractivity contribution in [2.24, 2.45) is 0 Å². The van der Waals surface area contributed by atoms with Gasteiger partial charge in [0.15, 0.2) is 0 Å². The number of rotatable bonds is 6. The minimum absolute atomic E-state index is 0.162. The van der Waals surface area contributed by atoms with E-state index in [0.29, 0.717) is 11.4 Å². The number of ether oxygens (including phenoxy) is 1. The second-order valence-electron chi connectivity index (χ2n) is 6.11. The smallest absolute Gasteiger partial charge is 0.261 e. The van der Waals surface area contributed by atoms with Crippen molar-refractivity contribution in [2.75, 3.05) is 11.8 Å². The standard InChI is InChI=1S/C21H17N3O3S2/c1-27-17-8-10-18(11-9-17)29(25,26)24-16-6-4-5-15(13-16)20-14-28-21(23-20)19-7-2-3-12-22-19/h2-14,24H,1H3. The van der Waals surface area contributed by atoms with E-state index in [0.717, 1.165) is 22.0 Å². The quantitative estimate of drug-likeness (QED) is 0.487. The van der Waals surface area contributed by atoms with Crippen LogP contribution >= 0.6 is 11.3 Å². The Balaban J connectivity index is 1.58. The molecule has 0 amide bonds. The highest BCUT2D eigenvalue weighted by atomic mass is 32.2. The molecule has 6 nitrogen and oxygen atoms in total. The number of thiazole rings is 1. The fourth-order valence-electron chi connectivity index (χ4n) is 2.72. The van der Waals surface area contributed by atoms with E-state index >= 15 is 0 Å². The largest absolute Gasteiger partial charge is 0.497 e. The molecule has 1 N–H and O–H groups in total. The van der Waals surface area contributed by atoms with Crippen LogP contribution in [0.15, 0.2) is 83.2 Å². The molecule has 4 aromatic rings. The molecule has 29 heavy (non-hydrogen) atoms. The Morgan fingerprint density at radius 2 is 1.79 bits per heavy atom. The van der Waals surface area contributed by atoms with Crippen LogP contribution in [0.4, 0.5) is 5.69 Å². The molecule has 4 rings (SSSR count). The predicted molar refractivity (Wildman–Crippen MR) is 115 cm³/mol. The third kappa shape index (κ3) is 4.28. The van der Waals surface area contributed by atoms with Crippen molar-refractivity contribution in [3.63, 3.8) is 0 Å². The van der Waals surface area contributed by atoms with Crippen molar-refractivity contribution in [1.82, 2.24) is 9.97 Å². The van der Waals surface area contributed by atoms with Gasteiger partial charge in [0, 0.05) is 22.8 Å². The van der Waals surface area contributed by atoms with Crippen molar-refractivity contribution in [1.29, 1.82) is 0 Å². The minimum atomic E-state index is -3.71. The van der Waals surface area contributed by atoms with Gasteiger partial charge in [0.1, 0.15) is 10.8 Å². The van der Waals surface area contributed by atoms with Gasteiger partial charge in [-0.25, -0.2) is 13.4 Å². The van der Waals surface area contributed by atoms with Gasteiger partial charge in [-0.3, -0.25) is 9.71 Å². The monoisotopic (exact) mass is 423 g/mol. The van der Waals surface area contributed by atoms with Gasteiger partial charge in [-0.2, -0.15) is 0 Å². The third-order valence-electron chi connectivity index (χ3n) is 4.17. The number of hydrogen-bond donors (Lipinski definition) is 1. The van der Waals surface area contributed by atoms with Crippen LogP contribution < -0.4 is 9.46 Å². The van der Waals surface area contributed by atoms with E-state index < -0.39 is 10.0 Å². The summed E-state index contributed by atoms with van der Waals surface area (Å²) >= 11 is 1.49. The zero-order valence-corrected chi connectivity index (χ0v) is 17.1. The Labute approximate surface area is 172 Å². The first kappa shape index (κ1) is 19.1. The van der Waals surface area contributed by atoms with Crippen LogP contribution in [0, 0.1) is 0 Å². The van der Waals surface area contributed by atoms with Gasteiger partial charge in [0.2, 0.25) is 0 Å². The molecule has 0 saturated carbocycles. The second kappa shape index (κ2) is 8.02. The molecular formula is C21H17N3O3S2. The average molecular weight is 424 g/mol. The van der Waals surface area contributed by atoms with Crippen molar-refractivity contribution >= 4 is 27.0 Å². The Hall–Kier alpha value is -3.23. The van der Waals surface area contributed by atoms with Gasteiger partial charge < -0.3 is 4.74 Å². The number of anilines is 1. The summed E-state index contributed by atoms with van der Waals surface area (Å²) in [5.41, 5.74) is 2.85. The Morgan fingerprint density at radius 3 is 2.52 bits per heavy atom. The van der Waals surface area contributed by atoms with Crippen molar-refractivity contribution < 1.29 is 13.2 Å². The molecule has 0 atom stereocenters. The number of nitrogens with one attached hydrogen (secondary N) is 1. The van der Waals surface area contributed by atoms with Gasteiger partial charge in [-0.05, 0) is 48.5 Å². The maximum absolute atomic E-state index is 12.7. The van der Waals surface area contributed by atoms with Crippen molar-refractivity contribution in [3.8, 4) is 27.7 Å². The number of hydrogen-bond acceptors (Lipinski definition) is 6. The summed E-state index contributed by atoms with van der Waals surface area (Å²) in [6.45, 7) is 0. The van der Waals surface area contributed by atoms with Crippen molar-refractivity contribution in [3.05, 3.63) is 78.3 Å². The molecule has 0 bridgehead atoms. The van der Waals surface area contributed by atoms with E-state index in [1.807, 2.05) is 29.6 Å². The maximum Gasteiger partial charge on any atom is 0.261 e. The fourth-order valence-corrected chi connectivity index (χ4v) is 4.58. The lowest BCUT2D eigenvalue weighted by atomic mass is 10.1. The van der Waals surface area contributed by atoms with Crippen LogP contribution in [0.1, 0.15) is 0 Å². The van der Waals surface area contributed by atoms with E-state index in [1.165, 1.54) is 30.6 Å². The molecule has 0 unspecified atom stereocenters. The van der Waals surface area contributed by atoms with Gasteiger partial charge in [-0.1, -0.05) is 18.2 Å². The molecule has 0 spiro atoms. The Bertz CT molecular complexity index is 1220. The number of nitrogens with zero attached hydrogens (tertiary/aromatic N) is 2. The molecule has 0 aliphatic rings. The van der Waals surface area contributed by atoms with Crippen LogP contribution in [0.25, 0.3) is 22.0 Å². The predicted octanol–water partition coefficient (Wildman–Crippen LogP) is 4.68. The average Bonchev–Trinajstić information content (AvgIpc) is 3.25. The zero-order valence-electron chi connectivity index (χ0n) is 15.4. The summed E-state index contributed by atoms with van der Waals surface area (Å²) in [5.74, 6) is 0.596. The van der Waals surface area contributed by atoms with E-state index in [4.69, 9.17) is 4.74 Å². The molecule has 146 valence electrons. The van der Waals surface area contributed by atoms with E-state index in [-0.39, 0.29) is 4.90 Å². The van der Waals surface area contributed by atoms with Gasteiger partial charge in [0.25, 0.3) is 10.0 Å². The molecule has 2 aromatic heterocycles. The lowest BCUT2D eigenvalue weighted by Crippen LogP contribution is -2.12. The SMILES string of the molecule is COc1ccc(S(=O)(=O)Nc2cccc(-c3csc(-c4ccccn4)n3)c2)cc1.